The highest BCUT2D eigenvalue weighted by Gasteiger charge is 2.36. The molecule has 0 saturated heterocycles. The van der Waals surface area contributed by atoms with E-state index in [0.717, 1.165) is 17.8 Å². The molecule has 0 N–H and O–H groups in total. The summed E-state index contributed by atoms with van der Waals surface area (Å²) in [7, 11) is 1.78. The van der Waals surface area contributed by atoms with E-state index in [-0.39, 0.29) is 0 Å². The maximum absolute atomic E-state index is 6.13. The minimum absolute atomic E-state index is 0.577. The topological polar surface area (TPSA) is 12.5 Å². The number of allylic oxidation sites excluding steroid dienone is 3. The molecule has 1 aliphatic rings. The lowest BCUT2D eigenvalue weighted by Gasteiger charge is -2.43. The Bertz CT molecular complexity index is 967. The van der Waals surface area contributed by atoms with Crippen molar-refractivity contribution in [2.75, 3.05) is 12.0 Å². The van der Waals surface area contributed by atoms with Crippen molar-refractivity contribution in [1.29, 1.82) is 0 Å². The first kappa shape index (κ1) is 19.0. The van der Waals surface area contributed by atoms with E-state index in [9.17, 15) is 0 Å². The molecule has 29 heavy (non-hydrogen) atoms. The van der Waals surface area contributed by atoms with Gasteiger partial charge in [0.25, 0.3) is 0 Å². The molecule has 1 atom stereocenters. The van der Waals surface area contributed by atoms with Crippen LogP contribution in [0.3, 0.4) is 0 Å². The molecule has 4 rings (SSSR count). The lowest BCUT2D eigenvalue weighted by atomic mass is 9.95. The summed E-state index contributed by atoms with van der Waals surface area (Å²) >= 11 is 0. The molecule has 0 saturated carbocycles. The fourth-order valence-electron chi connectivity index (χ4n) is 3.66. The van der Waals surface area contributed by atoms with Crippen LogP contribution >= 0.6 is 0 Å². The molecule has 0 aromatic heterocycles. The molecule has 0 bridgehead atoms. The van der Waals surface area contributed by atoms with Crippen LogP contribution in [0.5, 0.6) is 0 Å². The van der Waals surface area contributed by atoms with Gasteiger partial charge in [-0.3, -0.25) is 0 Å². The van der Waals surface area contributed by atoms with Gasteiger partial charge in [0.2, 0.25) is 0 Å². The lowest BCUT2D eigenvalue weighted by Crippen LogP contribution is -2.46. The molecule has 0 aliphatic heterocycles. The quantitative estimate of drug-likeness (QED) is 0.438. The minimum Gasteiger partial charge on any atom is -0.354 e. The smallest absolute Gasteiger partial charge is 0.167 e. The Morgan fingerprint density at radius 1 is 0.759 bits per heavy atom. The SMILES string of the molecule is COC1(N(c2ccccc2)c2ccccc2)C=CC(/C=C/c2ccccc2)=CC1. The predicted octanol–water partition coefficient (Wildman–Crippen LogP) is 6.77. The van der Waals surface area contributed by atoms with Crippen LogP contribution in [0.2, 0.25) is 0 Å². The van der Waals surface area contributed by atoms with Crippen LogP contribution in [0.1, 0.15) is 12.0 Å². The van der Waals surface area contributed by atoms with E-state index in [1.165, 1.54) is 11.1 Å². The van der Waals surface area contributed by atoms with Gasteiger partial charge in [0, 0.05) is 24.9 Å². The van der Waals surface area contributed by atoms with E-state index < -0.39 is 5.72 Å². The van der Waals surface area contributed by atoms with Crippen molar-refractivity contribution in [1.82, 2.24) is 0 Å². The predicted molar refractivity (Wildman–Crippen MR) is 122 cm³/mol. The Morgan fingerprint density at radius 3 is 1.79 bits per heavy atom. The Labute approximate surface area is 173 Å². The summed E-state index contributed by atoms with van der Waals surface area (Å²) in [6.07, 6.45) is 11.6. The van der Waals surface area contributed by atoms with Crippen molar-refractivity contribution in [3.8, 4) is 0 Å². The van der Waals surface area contributed by atoms with Gasteiger partial charge >= 0.3 is 0 Å². The van der Waals surface area contributed by atoms with E-state index >= 15 is 0 Å². The second-order valence-corrected chi connectivity index (χ2v) is 7.04. The van der Waals surface area contributed by atoms with Gasteiger partial charge in [-0.15, -0.1) is 0 Å². The number of rotatable bonds is 6. The first-order valence-electron chi connectivity index (χ1n) is 9.89. The largest absolute Gasteiger partial charge is 0.354 e. The average Bonchev–Trinajstić information content (AvgIpc) is 2.81. The fraction of sp³-hybridized carbons (Fsp3) is 0.111. The van der Waals surface area contributed by atoms with E-state index in [0.29, 0.717) is 0 Å². The number of ether oxygens (including phenoxy) is 1. The van der Waals surface area contributed by atoms with Gasteiger partial charge in [0.1, 0.15) is 0 Å². The van der Waals surface area contributed by atoms with Gasteiger partial charge in [0.15, 0.2) is 5.72 Å². The lowest BCUT2D eigenvalue weighted by molar-refractivity contribution is 0.0394. The maximum Gasteiger partial charge on any atom is 0.167 e. The first-order valence-corrected chi connectivity index (χ1v) is 9.89. The van der Waals surface area contributed by atoms with Crippen LogP contribution in [-0.2, 0) is 4.74 Å². The second kappa shape index (κ2) is 8.76. The fourth-order valence-corrected chi connectivity index (χ4v) is 3.66. The summed E-state index contributed by atoms with van der Waals surface area (Å²) < 4.78 is 6.13. The molecule has 0 spiro atoms. The van der Waals surface area contributed by atoms with Gasteiger partial charge in [-0.05, 0) is 41.5 Å². The zero-order valence-electron chi connectivity index (χ0n) is 16.6. The monoisotopic (exact) mass is 379 g/mol. The van der Waals surface area contributed by atoms with Crippen molar-refractivity contribution in [2.45, 2.75) is 12.1 Å². The number of hydrogen-bond acceptors (Lipinski definition) is 2. The Morgan fingerprint density at radius 2 is 1.31 bits per heavy atom. The number of anilines is 2. The molecule has 0 fully saturated rings. The van der Waals surface area contributed by atoms with Crippen LogP contribution in [0.4, 0.5) is 11.4 Å². The standard InChI is InChI=1S/C27H25NO/c1-29-27(21-19-24(20-22-27)18-17-23-11-5-2-6-12-23)28(25-13-7-3-8-14-25)26-15-9-4-10-16-26/h2-21H,22H2,1H3/b18-17+. The van der Waals surface area contributed by atoms with E-state index in [1.807, 2.05) is 18.2 Å². The van der Waals surface area contributed by atoms with Crippen molar-refractivity contribution in [3.05, 3.63) is 126 Å². The molecule has 0 heterocycles. The summed E-state index contributed by atoms with van der Waals surface area (Å²) in [6.45, 7) is 0. The Kier molecular flexibility index (Phi) is 5.73. The Balaban J connectivity index is 1.65. The molecule has 3 aromatic carbocycles. The average molecular weight is 380 g/mol. The molecule has 0 amide bonds. The molecule has 0 radical (unpaired) electrons. The van der Waals surface area contributed by atoms with Crippen LogP contribution in [0.25, 0.3) is 6.08 Å². The third-order valence-electron chi connectivity index (χ3n) is 5.20. The number of nitrogens with zero attached hydrogens (tertiary/aromatic N) is 1. The van der Waals surface area contributed by atoms with Crippen LogP contribution in [-0.4, -0.2) is 12.8 Å². The maximum atomic E-state index is 6.13. The highest BCUT2D eigenvalue weighted by molar-refractivity contribution is 5.67. The third-order valence-corrected chi connectivity index (χ3v) is 5.20. The summed E-state index contributed by atoms with van der Waals surface area (Å²) in [4.78, 5) is 2.26. The van der Waals surface area contributed by atoms with Crippen molar-refractivity contribution >= 4 is 17.5 Å². The number of para-hydroxylation sites is 2. The normalized spacial score (nSPS) is 18.6. The first-order chi connectivity index (χ1) is 14.3. The van der Waals surface area contributed by atoms with Gasteiger partial charge in [-0.25, -0.2) is 0 Å². The number of methoxy groups -OCH3 is 1. The van der Waals surface area contributed by atoms with Gasteiger partial charge in [0.05, 0.1) is 0 Å². The molecule has 1 aliphatic carbocycles. The highest BCUT2D eigenvalue weighted by atomic mass is 16.5. The molecule has 144 valence electrons. The Hall–Kier alpha value is -3.36. The summed E-state index contributed by atoms with van der Waals surface area (Å²) in [6, 6.07) is 31.2. The summed E-state index contributed by atoms with van der Waals surface area (Å²) in [5.74, 6) is 0. The van der Waals surface area contributed by atoms with Crippen molar-refractivity contribution < 1.29 is 4.74 Å². The third kappa shape index (κ3) is 4.23. The molecular formula is C27H25NO. The van der Waals surface area contributed by atoms with Crippen LogP contribution < -0.4 is 4.90 Å². The van der Waals surface area contributed by atoms with E-state index in [4.69, 9.17) is 4.74 Å². The molecule has 1 unspecified atom stereocenters. The zero-order valence-corrected chi connectivity index (χ0v) is 16.6. The van der Waals surface area contributed by atoms with Crippen LogP contribution in [0, 0.1) is 0 Å². The van der Waals surface area contributed by atoms with Gasteiger partial charge < -0.3 is 9.64 Å². The van der Waals surface area contributed by atoms with Crippen molar-refractivity contribution in [2.24, 2.45) is 0 Å². The van der Waals surface area contributed by atoms with Crippen LogP contribution in [0.15, 0.2) is 121 Å². The summed E-state index contributed by atoms with van der Waals surface area (Å²) in [5, 5.41) is 0. The van der Waals surface area contributed by atoms with E-state index in [2.05, 4.69) is 108 Å². The molecular weight excluding hydrogens is 354 g/mol. The van der Waals surface area contributed by atoms with Gasteiger partial charge in [-0.2, -0.15) is 0 Å². The number of benzene rings is 3. The van der Waals surface area contributed by atoms with Crippen molar-refractivity contribution in [3.63, 3.8) is 0 Å². The highest BCUT2D eigenvalue weighted by Crippen LogP contribution is 2.39. The second-order valence-electron chi connectivity index (χ2n) is 7.04. The molecule has 2 nitrogen and oxygen atoms in total. The zero-order chi connectivity index (χ0) is 19.9. The van der Waals surface area contributed by atoms with E-state index in [1.54, 1.807) is 7.11 Å². The summed E-state index contributed by atoms with van der Waals surface area (Å²) in [5.41, 5.74) is 4.00. The molecule has 2 heteroatoms. The van der Waals surface area contributed by atoms with Gasteiger partial charge in [-0.1, -0.05) is 91.0 Å². The number of hydrogen-bond donors (Lipinski definition) is 0. The molecule has 3 aromatic rings. The minimum atomic E-state index is -0.577.